The summed E-state index contributed by atoms with van der Waals surface area (Å²) in [4.78, 5) is 0. The zero-order chi connectivity index (χ0) is 13.8. The van der Waals surface area contributed by atoms with E-state index in [1.54, 1.807) is 24.3 Å². The molecule has 100 valence electrons. The van der Waals surface area contributed by atoms with Gasteiger partial charge in [0.05, 0.1) is 11.1 Å². The van der Waals surface area contributed by atoms with Gasteiger partial charge in [-0.15, -0.1) is 0 Å². The van der Waals surface area contributed by atoms with Crippen molar-refractivity contribution in [1.29, 1.82) is 0 Å². The van der Waals surface area contributed by atoms with Gasteiger partial charge in [0.15, 0.2) is 0 Å². The van der Waals surface area contributed by atoms with Gasteiger partial charge < -0.3 is 0 Å². The Balaban J connectivity index is 2.25. The SMILES string of the molecule is NNC(Cc1ccc(Cl)cc1)c1cccc(Cl)c1F. The first kappa shape index (κ1) is 14.3. The summed E-state index contributed by atoms with van der Waals surface area (Å²) in [5, 5.41) is 0.754. The van der Waals surface area contributed by atoms with E-state index in [-0.39, 0.29) is 11.1 Å². The van der Waals surface area contributed by atoms with Crippen LogP contribution in [0.1, 0.15) is 17.2 Å². The summed E-state index contributed by atoms with van der Waals surface area (Å²) in [6, 6.07) is 11.9. The standard InChI is InChI=1S/C14H13Cl2FN2/c15-10-6-4-9(5-7-10)8-13(19-18)11-2-1-3-12(16)14(11)17/h1-7,13,19H,8,18H2. The van der Waals surface area contributed by atoms with E-state index >= 15 is 0 Å². The van der Waals surface area contributed by atoms with Crippen LogP contribution in [0.3, 0.4) is 0 Å². The molecule has 2 aromatic rings. The highest BCUT2D eigenvalue weighted by molar-refractivity contribution is 6.31. The number of hydrogen-bond donors (Lipinski definition) is 2. The van der Waals surface area contributed by atoms with E-state index in [0.29, 0.717) is 17.0 Å². The second-order valence-electron chi connectivity index (χ2n) is 4.19. The van der Waals surface area contributed by atoms with Gasteiger partial charge in [0.25, 0.3) is 0 Å². The molecule has 0 saturated heterocycles. The Morgan fingerprint density at radius 2 is 1.79 bits per heavy atom. The average Bonchev–Trinajstić information content (AvgIpc) is 2.42. The summed E-state index contributed by atoms with van der Waals surface area (Å²) < 4.78 is 14.0. The molecule has 2 nitrogen and oxygen atoms in total. The van der Waals surface area contributed by atoms with E-state index in [0.717, 1.165) is 5.56 Å². The molecule has 3 N–H and O–H groups in total. The van der Waals surface area contributed by atoms with Crippen molar-refractivity contribution in [1.82, 2.24) is 5.43 Å². The van der Waals surface area contributed by atoms with Crippen molar-refractivity contribution in [2.75, 3.05) is 0 Å². The van der Waals surface area contributed by atoms with E-state index in [2.05, 4.69) is 5.43 Å². The van der Waals surface area contributed by atoms with Crippen molar-refractivity contribution in [2.45, 2.75) is 12.5 Å². The molecule has 2 rings (SSSR count). The Labute approximate surface area is 121 Å². The molecule has 0 radical (unpaired) electrons. The highest BCUT2D eigenvalue weighted by Crippen LogP contribution is 2.25. The largest absolute Gasteiger partial charge is 0.271 e. The van der Waals surface area contributed by atoms with E-state index in [4.69, 9.17) is 29.0 Å². The van der Waals surface area contributed by atoms with E-state index in [1.807, 2.05) is 12.1 Å². The lowest BCUT2D eigenvalue weighted by molar-refractivity contribution is 0.511. The summed E-state index contributed by atoms with van der Waals surface area (Å²) in [7, 11) is 0. The zero-order valence-corrected chi connectivity index (χ0v) is 11.5. The third-order valence-corrected chi connectivity index (χ3v) is 3.46. The third-order valence-electron chi connectivity index (χ3n) is 2.91. The molecule has 0 aliphatic heterocycles. The first-order valence-electron chi connectivity index (χ1n) is 5.76. The molecule has 0 aliphatic carbocycles. The molecule has 0 bridgehead atoms. The van der Waals surface area contributed by atoms with Crippen molar-refractivity contribution in [3.8, 4) is 0 Å². The molecule has 1 atom stereocenters. The van der Waals surface area contributed by atoms with Gasteiger partial charge in [-0.25, -0.2) is 4.39 Å². The molecule has 0 aliphatic rings. The van der Waals surface area contributed by atoms with Crippen LogP contribution in [0.4, 0.5) is 4.39 Å². The number of benzene rings is 2. The molecule has 0 heterocycles. The van der Waals surface area contributed by atoms with Gasteiger partial charge >= 0.3 is 0 Å². The van der Waals surface area contributed by atoms with Crippen molar-refractivity contribution in [3.63, 3.8) is 0 Å². The van der Waals surface area contributed by atoms with Crippen LogP contribution in [0.25, 0.3) is 0 Å². The molecule has 0 saturated carbocycles. The first-order valence-corrected chi connectivity index (χ1v) is 6.52. The number of halogens is 3. The molecule has 0 aromatic heterocycles. The first-order chi connectivity index (χ1) is 9.11. The van der Waals surface area contributed by atoms with Crippen LogP contribution < -0.4 is 11.3 Å². The van der Waals surface area contributed by atoms with E-state index < -0.39 is 5.82 Å². The topological polar surface area (TPSA) is 38.0 Å². The smallest absolute Gasteiger partial charge is 0.146 e. The fraction of sp³-hybridized carbons (Fsp3) is 0.143. The summed E-state index contributed by atoms with van der Waals surface area (Å²) in [6.45, 7) is 0. The average molecular weight is 299 g/mol. The second-order valence-corrected chi connectivity index (χ2v) is 5.04. The van der Waals surface area contributed by atoms with Gasteiger partial charge in [0.2, 0.25) is 0 Å². The third kappa shape index (κ3) is 3.45. The number of hydrogen-bond acceptors (Lipinski definition) is 2. The molecule has 19 heavy (non-hydrogen) atoms. The van der Waals surface area contributed by atoms with Crippen LogP contribution >= 0.6 is 23.2 Å². The monoisotopic (exact) mass is 298 g/mol. The number of nitrogens with two attached hydrogens (primary N) is 1. The van der Waals surface area contributed by atoms with Crippen molar-refractivity contribution in [2.24, 2.45) is 5.84 Å². The summed E-state index contributed by atoms with van der Waals surface area (Å²) in [6.07, 6.45) is 0.547. The maximum atomic E-state index is 14.0. The fourth-order valence-electron chi connectivity index (χ4n) is 1.90. The van der Waals surface area contributed by atoms with Gasteiger partial charge in [-0.1, -0.05) is 47.5 Å². The predicted molar refractivity (Wildman–Crippen MR) is 76.6 cm³/mol. The minimum absolute atomic E-state index is 0.0915. The van der Waals surface area contributed by atoms with Crippen LogP contribution in [0.5, 0.6) is 0 Å². The fourth-order valence-corrected chi connectivity index (χ4v) is 2.21. The normalized spacial score (nSPS) is 12.4. The Morgan fingerprint density at radius 3 is 2.42 bits per heavy atom. The van der Waals surface area contributed by atoms with Gasteiger partial charge in [0.1, 0.15) is 5.82 Å². The molecular weight excluding hydrogens is 286 g/mol. The van der Waals surface area contributed by atoms with Gasteiger partial charge in [-0.05, 0) is 30.2 Å². The Kier molecular flexibility index (Phi) is 4.77. The van der Waals surface area contributed by atoms with Crippen LogP contribution in [0, 0.1) is 5.82 Å². The lowest BCUT2D eigenvalue weighted by atomic mass is 9.99. The maximum absolute atomic E-state index is 14.0. The van der Waals surface area contributed by atoms with Crippen LogP contribution in [0.2, 0.25) is 10.0 Å². The molecule has 5 heteroatoms. The minimum atomic E-state index is -0.443. The molecule has 0 fully saturated rings. The Hall–Kier alpha value is -1.13. The highest BCUT2D eigenvalue weighted by Gasteiger charge is 2.16. The predicted octanol–water partition coefficient (Wildman–Crippen LogP) is 3.88. The molecule has 1 unspecified atom stereocenters. The second kappa shape index (κ2) is 6.35. The Bertz CT molecular complexity index is 558. The zero-order valence-electron chi connectivity index (χ0n) is 10.0. The molecule has 2 aromatic carbocycles. The van der Waals surface area contributed by atoms with Crippen molar-refractivity contribution >= 4 is 23.2 Å². The van der Waals surface area contributed by atoms with Crippen molar-refractivity contribution in [3.05, 3.63) is 69.5 Å². The summed E-state index contributed by atoms with van der Waals surface area (Å²) in [5.74, 6) is 5.07. The summed E-state index contributed by atoms with van der Waals surface area (Å²) >= 11 is 11.6. The van der Waals surface area contributed by atoms with Crippen LogP contribution in [-0.4, -0.2) is 0 Å². The van der Waals surface area contributed by atoms with Crippen molar-refractivity contribution < 1.29 is 4.39 Å². The van der Waals surface area contributed by atoms with Gasteiger partial charge in [0, 0.05) is 10.6 Å². The van der Waals surface area contributed by atoms with E-state index in [9.17, 15) is 4.39 Å². The highest BCUT2D eigenvalue weighted by atomic mass is 35.5. The Morgan fingerprint density at radius 1 is 1.11 bits per heavy atom. The van der Waals surface area contributed by atoms with Gasteiger partial charge in [-0.2, -0.15) is 0 Å². The van der Waals surface area contributed by atoms with Crippen LogP contribution in [0.15, 0.2) is 42.5 Å². The lowest BCUT2D eigenvalue weighted by Crippen LogP contribution is -2.30. The number of hydrazine groups is 1. The quantitative estimate of drug-likeness (QED) is 0.664. The van der Waals surface area contributed by atoms with Gasteiger partial charge in [-0.3, -0.25) is 11.3 Å². The minimum Gasteiger partial charge on any atom is -0.271 e. The molecular formula is C14H13Cl2FN2. The number of nitrogens with one attached hydrogen (secondary N) is 1. The summed E-state index contributed by atoms with van der Waals surface area (Å²) in [5.41, 5.74) is 4.07. The maximum Gasteiger partial charge on any atom is 0.146 e. The number of rotatable bonds is 4. The van der Waals surface area contributed by atoms with E-state index in [1.165, 1.54) is 6.07 Å². The molecule has 0 spiro atoms. The lowest BCUT2D eigenvalue weighted by Gasteiger charge is -2.17. The van der Waals surface area contributed by atoms with Crippen LogP contribution in [-0.2, 0) is 6.42 Å². The molecule has 0 amide bonds.